The highest BCUT2D eigenvalue weighted by Gasteiger charge is 2.24. The minimum Gasteiger partial charge on any atom is -0.326 e. The SMILES string of the molecule is O=C(C[C@H]1CC[C@@H](c2ccc(Cl)c(F)c2)CC1)Nc1ccc(Cl)cc1. The van der Waals surface area contributed by atoms with Crippen molar-refractivity contribution in [2.24, 2.45) is 5.92 Å². The molecule has 1 aliphatic carbocycles. The van der Waals surface area contributed by atoms with Crippen LogP contribution < -0.4 is 5.32 Å². The maximum atomic E-state index is 13.6. The van der Waals surface area contributed by atoms with Gasteiger partial charge in [-0.25, -0.2) is 4.39 Å². The average Bonchev–Trinajstić information content (AvgIpc) is 2.60. The molecule has 1 saturated carbocycles. The van der Waals surface area contributed by atoms with E-state index in [2.05, 4.69) is 5.32 Å². The van der Waals surface area contributed by atoms with Crippen LogP contribution in [0.4, 0.5) is 10.1 Å². The van der Waals surface area contributed by atoms with Crippen molar-refractivity contribution < 1.29 is 9.18 Å². The summed E-state index contributed by atoms with van der Waals surface area (Å²) in [4.78, 5) is 12.2. The predicted molar refractivity (Wildman–Crippen MR) is 101 cm³/mol. The van der Waals surface area contributed by atoms with Gasteiger partial charge in [-0.15, -0.1) is 0 Å². The van der Waals surface area contributed by atoms with E-state index in [1.54, 1.807) is 36.4 Å². The maximum Gasteiger partial charge on any atom is 0.224 e. The highest BCUT2D eigenvalue weighted by Crippen LogP contribution is 2.37. The lowest BCUT2D eigenvalue weighted by Crippen LogP contribution is -2.20. The second kappa shape index (κ2) is 8.20. The van der Waals surface area contributed by atoms with Crippen molar-refractivity contribution in [3.8, 4) is 0 Å². The number of carbonyl (C=O) groups is 1. The summed E-state index contributed by atoms with van der Waals surface area (Å²) >= 11 is 11.6. The molecule has 3 rings (SSSR count). The van der Waals surface area contributed by atoms with Crippen molar-refractivity contribution in [2.75, 3.05) is 5.32 Å². The van der Waals surface area contributed by atoms with Crippen molar-refractivity contribution in [3.63, 3.8) is 0 Å². The first-order chi connectivity index (χ1) is 12.0. The van der Waals surface area contributed by atoms with Crippen molar-refractivity contribution >= 4 is 34.8 Å². The number of anilines is 1. The molecule has 0 bridgehead atoms. The lowest BCUT2D eigenvalue weighted by atomic mass is 9.77. The Labute approximate surface area is 157 Å². The number of benzene rings is 2. The fourth-order valence-corrected chi connectivity index (χ4v) is 3.72. The van der Waals surface area contributed by atoms with E-state index in [1.807, 2.05) is 6.07 Å². The van der Waals surface area contributed by atoms with Gasteiger partial charge in [0.15, 0.2) is 0 Å². The second-order valence-electron chi connectivity index (χ2n) is 6.65. The summed E-state index contributed by atoms with van der Waals surface area (Å²) in [5.74, 6) is 0.398. The van der Waals surface area contributed by atoms with Gasteiger partial charge in [0.2, 0.25) is 5.91 Å². The molecule has 2 aromatic carbocycles. The van der Waals surface area contributed by atoms with Gasteiger partial charge >= 0.3 is 0 Å². The van der Waals surface area contributed by atoms with E-state index >= 15 is 0 Å². The molecule has 0 atom stereocenters. The first-order valence-electron chi connectivity index (χ1n) is 8.51. The van der Waals surface area contributed by atoms with Crippen LogP contribution >= 0.6 is 23.2 Å². The van der Waals surface area contributed by atoms with Crippen LogP contribution in [0.1, 0.15) is 43.6 Å². The van der Waals surface area contributed by atoms with E-state index in [9.17, 15) is 9.18 Å². The highest BCUT2D eigenvalue weighted by molar-refractivity contribution is 6.31. The van der Waals surface area contributed by atoms with E-state index in [0.29, 0.717) is 23.3 Å². The standard InChI is InChI=1S/C20H20Cl2FNO/c21-16-6-8-17(9-7-16)24-20(25)11-13-1-3-14(4-2-13)15-5-10-18(22)19(23)12-15/h5-10,12-14H,1-4,11H2,(H,24,25)/t13-,14+. The fourth-order valence-electron chi connectivity index (χ4n) is 3.47. The van der Waals surface area contributed by atoms with E-state index in [1.165, 1.54) is 0 Å². The number of halogens is 3. The van der Waals surface area contributed by atoms with Crippen LogP contribution in [-0.2, 0) is 4.79 Å². The molecule has 1 N–H and O–H groups in total. The summed E-state index contributed by atoms with van der Waals surface area (Å²) in [6.45, 7) is 0. The zero-order valence-electron chi connectivity index (χ0n) is 13.8. The van der Waals surface area contributed by atoms with Crippen LogP contribution in [0.15, 0.2) is 42.5 Å². The Balaban J connectivity index is 1.49. The van der Waals surface area contributed by atoms with E-state index < -0.39 is 0 Å². The Hall–Kier alpha value is -1.58. The van der Waals surface area contributed by atoms with Gasteiger partial charge in [-0.3, -0.25) is 4.79 Å². The molecule has 1 amide bonds. The lowest BCUT2D eigenvalue weighted by Gasteiger charge is -2.28. The quantitative estimate of drug-likeness (QED) is 0.650. The molecule has 5 heteroatoms. The normalized spacial score (nSPS) is 20.3. The smallest absolute Gasteiger partial charge is 0.224 e. The molecule has 0 aromatic heterocycles. The molecule has 0 saturated heterocycles. The summed E-state index contributed by atoms with van der Waals surface area (Å²) in [5, 5.41) is 3.72. The van der Waals surface area contributed by atoms with E-state index in [-0.39, 0.29) is 16.7 Å². The molecule has 1 fully saturated rings. The summed E-state index contributed by atoms with van der Waals surface area (Å²) in [6.07, 6.45) is 4.41. The van der Waals surface area contributed by atoms with Crippen LogP contribution in [0.5, 0.6) is 0 Å². The van der Waals surface area contributed by atoms with Gasteiger partial charge < -0.3 is 5.32 Å². The molecule has 25 heavy (non-hydrogen) atoms. The number of hydrogen-bond acceptors (Lipinski definition) is 1. The Kier molecular flexibility index (Phi) is 5.98. The molecule has 2 nitrogen and oxygen atoms in total. The molecule has 1 aliphatic rings. The topological polar surface area (TPSA) is 29.1 Å². The van der Waals surface area contributed by atoms with Gasteiger partial charge in [-0.2, -0.15) is 0 Å². The summed E-state index contributed by atoms with van der Waals surface area (Å²) in [7, 11) is 0. The summed E-state index contributed by atoms with van der Waals surface area (Å²) < 4.78 is 13.6. The zero-order chi connectivity index (χ0) is 17.8. The van der Waals surface area contributed by atoms with Crippen LogP contribution in [0, 0.1) is 11.7 Å². The molecule has 0 heterocycles. The third-order valence-electron chi connectivity index (χ3n) is 4.86. The van der Waals surface area contributed by atoms with Crippen molar-refractivity contribution in [1.82, 2.24) is 0 Å². The number of nitrogens with one attached hydrogen (secondary N) is 1. The van der Waals surface area contributed by atoms with Crippen LogP contribution in [-0.4, -0.2) is 5.91 Å². The van der Waals surface area contributed by atoms with Crippen molar-refractivity contribution in [3.05, 3.63) is 63.9 Å². The van der Waals surface area contributed by atoms with Crippen LogP contribution in [0.3, 0.4) is 0 Å². The average molecular weight is 380 g/mol. The molecule has 2 aromatic rings. The molecule has 0 radical (unpaired) electrons. The van der Waals surface area contributed by atoms with Gasteiger partial charge in [-0.1, -0.05) is 29.3 Å². The van der Waals surface area contributed by atoms with Crippen molar-refractivity contribution in [2.45, 2.75) is 38.0 Å². The lowest BCUT2D eigenvalue weighted by molar-refractivity contribution is -0.117. The predicted octanol–water partition coefficient (Wildman–Crippen LogP) is 6.44. The first kappa shape index (κ1) is 18.2. The van der Waals surface area contributed by atoms with Crippen LogP contribution in [0.25, 0.3) is 0 Å². The number of amides is 1. The van der Waals surface area contributed by atoms with Gasteiger partial charge in [0.1, 0.15) is 5.82 Å². The van der Waals surface area contributed by atoms with Gasteiger partial charge in [0.25, 0.3) is 0 Å². The number of hydrogen-bond donors (Lipinski definition) is 1. The molecule has 0 unspecified atom stereocenters. The number of carbonyl (C=O) groups excluding carboxylic acids is 1. The van der Waals surface area contributed by atoms with Crippen LogP contribution in [0.2, 0.25) is 10.0 Å². The molecule has 0 aliphatic heterocycles. The minimum absolute atomic E-state index is 0.0308. The minimum atomic E-state index is -0.358. The Bertz CT molecular complexity index is 740. The monoisotopic (exact) mass is 379 g/mol. The third-order valence-corrected chi connectivity index (χ3v) is 5.42. The third kappa shape index (κ3) is 4.96. The summed E-state index contributed by atoms with van der Waals surface area (Å²) in [5.41, 5.74) is 1.77. The Morgan fingerprint density at radius 2 is 1.72 bits per heavy atom. The summed E-state index contributed by atoms with van der Waals surface area (Å²) in [6, 6.07) is 12.2. The fraction of sp³-hybridized carbons (Fsp3) is 0.350. The molecule has 132 valence electrons. The second-order valence-corrected chi connectivity index (χ2v) is 7.49. The number of rotatable bonds is 4. The Morgan fingerprint density at radius 3 is 2.36 bits per heavy atom. The largest absolute Gasteiger partial charge is 0.326 e. The van der Waals surface area contributed by atoms with E-state index in [4.69, 9.17) is 23.2 Å². The highest BCUT2D eigenvalue weighted by atomic mass is 35.5. The Morgan fingerprint density at radius 1 is 1.04 bits per heavy atom. The first-order valence-corrected chi connectivity index (χ1v) is 9.27. The van der Waals surface area contributed by atoms with Gasteiger partial charge in [0.05, 0.1) is 5.02 Å². The maximum absolute atomic E-state index is 13.6. The van der Waals surface area contributed by atoms with E-state index in [0.717, 1.165) is 36.9 Å². The van der Waals surface area contributed by atoms with Gasteiger partial charge in [-0.05, 0) is 79.5 Å². The molecular weight excluding hydrogens is 360 g/mol. The molecule has 0 spiro atoms. The van der Waals surface area contributed by atoms with Gasteiger partial charge in [0, 0.05) is 17.1 Å². The van der Waals surface area contributed by atoms with Crippen molar-refractivity contribution in [1.29, 1.82) is 0 Å². The zero-order valence-corrected chi connectivity index (χ0v) is 15.3. The molecular formula is C20H20Cl2FNO.